The molecule has 0 aromatic heterocycles. The van der Waals surface area contributed by atoms with E-state index in [9.17, 15) is 19.8 Å². The number of nitrogens with two attached hydrogens (primary N) is 1. The summed E-state index contributed by atoms with van der Waals surface area (Å²) in [5.41, 5.74) is 5.67. The van der Waals surface area contributed by atoms with Gasteiger partial charge in [-0.2, -0.15) is 10.2 Å². The Kier molecular flexibility index (Phi) is 6.91. The van der Waals surface area contributed by atoms with E-state index in [0.29, 0.717) is 5.69 Å². The van der Waals surface area contributed by atoms with Crippen LogP contribution in [0.4, 0.5) is 17.1 Å². The molecule has 0 radical (unpaired) electrons. The third-order valence-electron chi connectivity index (χ3n) is 3.60. The van der Waals surface area contributed by atoms with Crippen molar-refractivity contribution in [3.63, 3.8) is 0 Å². The number of aromatic carboxylic acids is 2. The highest BCUT2D eigenvalue weighted by molar-refractivity contribution is 5.92. The Balaban J connectivity index is 0.000000335. The molecule has 3 rings (SSSR count). The van der Waals surface area contributed by atoms with Gasteiger partial charge in [0.25, 0.3) is 0 Å². The lowest BCUT2D eigenvalue weighted by Crippen LogP contribution is -1.96. The molecule has 154 valence electrons. The van der Waals surface area contributed by atoms with E-state index < -0.39 is 23.4 Å². The van der Waals surface area contributed by atoms with E-state index in [-0.39, 0.29) is 28.3 Å². The highest BCUT2D eigenvalue weighted by Gasteiger charge is 2.11. The largest absolute Gasteiger partial charge is 0.508 e. The lowest BCUT2D eigenvalue weighted by atomic mass is 10.2. The summed E-state index contributed by atoms with van der Waals surface area (Å²) in [4.78, 5) is 21.8. The van der Waals surface area contributed by atoms with Gasteiger partial charge in [-0.05, 0) is 60.7 Å². The summed E-state index contributed by atoms with van der Waals surface area (Å²) in [6.07, 6.45) is 0. The molecule has 0 atom stereocenters. The van der Waals surface area contributed by atoms with Gasteiger partial charge in [-0.3, -0.25) is 0 Å². The van der Waals surface area contributed by atoms with Crippen molar-refractivity contribution in [1.29, 1.82) is 0 Å². The number of carbonyl (C=O) groups is 2. The van der Waals surface area contributed by atoms with Gasteiger partial charge in [0.05, 0.1) is 11.4 Å². The number of benzene rings is 3. The Morgan fingerprint density at radius 1 is 0.667 bits per heavy atom. The smallest absolute Gasteiger partial charge is 0.339 e. The molecule has 0 spiro atoms. The van der Waals surface area contributed by atoms with E-state index in [1.165, 1.54) is 12.1 Å². The number of hydrogen-bond acceptors (Lipinski definition) is 8. The van der Waals surface area contributed by atoms with Crippen molar-refractivity contribution in [3.8, 4) is 17.2 Å². The lowest BCUT2D eigenvalue weighted by Gasteiger charge is -2.01. The molecule has 0 saturated heterocycles. The number of aromatic hydroxyl groups is 3. The summed E-state index contributed by atoms with van der Waals surface area (Å²) < 4.78 is 0. The minimum atomic E-state index is -1.31. The number of phenols is 3. The normalized spacial score (nSPS) is 10.3. The number of azo groups is 1. The van der Waals surface area contributed by atoms with Crippen molar-refractivity contribution in [1.82, 2.24) is 0 Å². The summed E-state index contributed by atoms with van der Waals surface area (Å²) in [7, 11) is 0. The highest BCUT2D eigenvalue weighted by atomic mass is 16.4. The van der Waals surface area contributed by atoms with Gasteiger partial charge in [-0.1, -0.05) is 0 Å². The van der Waals surface area contributed by atoms with Crippen LogP contribution in [-0.2, 0) is 0 Å². The summed E-state index contributed by atoms with van der Waals surface area (Å²) >= 11 is 0. The zero-order valence-electron chi connectivity index (χ0n) is 15.3. The minimum Gasteiger partial charge on any atom is -0.508 e. The third-order valence-corrected chi connectivity index (χ3v) is 3.60. The molecule has 0 fully saturated rings. The van der Waals surface area contributed by atoms with Crippen LogP contribution >= 0.6 is 0 Å². The van der Waals surface area contributed by atoms with Gasteiger partial charge in [0.1, 0.15) is 28.4 Å². The van der Waals surface area contributed by atoms with Gasteiger partial charge >= 0.3 is 11.9 Å². The fourth-order valence-electron chi connectivity index (χ4n) is 2.10. The quantitative estimate of drug-likeness (QED) is 0.212. The van der Waals surface area contributed by atoms with E-state index in [2.05, 4.69) is 10.2 Å². The van der Waals surface area contributed by atoms with Crippen molar-refractivity contribution < 1.29 is 35.1 Å². The molecule has 3 aromatic carbocycles. The molecule has 7 N–H and O–H groups in total. The van der Waals surface area contributed by atoms with E-state index in [1.807, 2.05) is 0 Å². The molecule has 0 heterocycles. The molecule has 3 aromatic rings. The Morgan fingerprint density at radius 2 is 1.07 bits per heavy atom. The number of rotatable bonds is 4. The maximum Gasteiger partial charge on any atom is 0.339 e. The van der Waals surface area contributed by atoms with Crippen LogP contribution in [0.5, 0.6) is 17.2 Å². The SMILES string of the molecule is Nc1ccc(O)cc1.O=C(O)c1cc(/N=N/c2ccc(O)c(C(=O)O)c2)ccc1O. The number of nitrogen functional groups attached to an aromatic ring is 1. The second-order valence-electron chi connectivity index (χ2n) is 5.80. The number of phenolic OH excluding ortho intramolecular Hbond substituents is 1. The van der Waals surface area contributed by atoms with Gasteiger partial charge in [0.15, 0.2) is 0 Å². The standard InChI is InChI=1S/C14H10N2O6.C6H7NO/c17-11-3-1-7(5-9(11)13(19)20)15-16-8-2-4-12(18)10(6-8)14(21)22;7-5-1-3-6(8)4-2-5/h1-6,17-18H,(H,19,20)(H,21,22);1-4,8H,7H2/b16-15+;. The van der Waals surface area contributed by atoms with Crippen LogP contribution in [0.25, 0.3) is 0 Å². The van der Waals surface area contributed by atoms with Crippen LogP contribution in [0.1, 0.15) is 20.7 Å². The topological polar surface area (TPSA) is 186 Å². The lowest BCUT2D eigenvalue weighted by molar-refractivity contribution is 0.0682. The van der Waals surface area contributed by atoms with Crippen LogP contribution < -0.4 is 5.73 Å². The van der Waals surface area contributed by atoms with E-state index >= 15 is 0 Å². The van der Waals surface area contributed by atoms with Crippen molar-refractivity contribution in [2.75, 3.05) is 5.73 Å². The second-order valence-corrected chi connectivity index (χ2v) is 5.80. The molecule has 0 aliphatic heterocycles. The summed E-state index contributed by atoms with van der Waals surface area (Å²) in [6, 6.07) is 13.7. The third kappa shape index (κ3) is 5.96. The number of carboxylic acids is 2. The molecule has 0 saturated carbocycles. The van der Waals surface area contributed by atoms with Crippen molar-refractivity contribution in [3.05, 3.63) is 71.8 Å². The van der Waals surface area contributed by atoms with Crippen molar-refractivity contribution in [2.45, 2.75) is 0 Å². The van der Waals surface area contributed by atoms with Crippen LogP contribution in [0, 0.1) is 0 Å². The molecule has 30 heavy (non-hydrogen) atoms. The predicted octanol–water partition coefficient (Wildman–Crippen LogP) is 3.88. The fourth-order valence-corrected chi connectivity index (χ4v) is 2.10. The summed E-state index contributed by atoms with van der Waals surface area (Å²) in [5, 5.41) is 52.7. The summed E-state index contributed by atoms with van der Waals surface area (Å²) in [6.45, 7) is 0. The molecule has 0 aliphatic rings. The molecule has 0 aliphatic carbocycles. The zero-order valence-corrected chi connectivity index (χ0v) is 15.3. The molecular weight excluding hydrogens is 394 g/mol. The first-order valence-electron chi connectivity index (χ1n) is 8.26. The van der Waals surface area contributed by atoms with Gasteiger partial charge in [-0.15, -0.1) is 0 Å². The maximum absolute atomic E-state index is 10.9. The average molecular weight is 411 g/mol. The highest BCUT2D eigenvalue weighted by Crippen LogP contribution is 2.27. The van der Waals surface area contributed by atoms with Crippen molar-refractivity contribution in [2.24, 2.45) is 10.2 Å². The zero-order chi connectivity index (χ0) is 22.3. The number of carboxylic acid groups (broad SMARTS) is 2. The molecule has 0 amide bonds. The van der Waals surface area contributed by atoms with Gasteiger partial charge in [0.2, 0.25) is 0 Å². The molecule has 0 unspecified atom stereocenters. The average Bonchev–Trinajstić information content (AvgIpc) is 2.70. The molecule has 0 bridgehead atoms. The van der Waals surface area contributed by atoms with E-state index in [0.717, 1.165) is 24.3 Å². The molecule has 10 nitrogen and oxygen atoms in total. The predicted molar refractivity (Wildman–Crippen MR) is 107 cm³/mol. The molecular formula is C20H17N3O7. The maximum atomic E-state index is 10.9. The van der Waals surface area contributed by atoms with E-state index in [1.54, 1.807) is 24.3 Å². The monoisotopic (exact) mass is 411 g/mol. The first-order chi connectivity index (χ1) is 14.2. The summed E-state index contributed by atoms with van der Waals surface area (Å²) in [5.74, 6) is -3.17. The van der Waals surface area contributed by atoms with Crippen LogP contribution in [0.3, 0.4) is 0 Å². The number of nitrogens with zero attached hydrogens (tertiary/aromatic N) is 2. The van der Waals surface area contributed by atoms with Gasteiger partial charge in [0, 0.05) is 5.69 Å². The Morgan fingerprint density at radius 3 is 1.40 bits per heavy atom. The minimum absolute atomic E-state index is 0.167. The fraction of sp³-hybridized carbons (Fsp3) is 0. The number of anilines is 1. The molecule has 10 heteroatoms. The number of hydrogen-bond donors (Lipinski definition) is 6. The van der Waals surface area contributed by atoms with Crippen molar-refractivity contribution >= 4 is 29.0 Å². The van der Waals surface area contributed by atoms with E-state index in [4.69, 9.17) is 21.1 Å². The van der Waals surface area contributed by atoms with Gasteiger partial charge < -0.3 is 31.3 Å². The van der Waals surface area contributed by atoms with Crippen LogP contribution in [0.2, 0.25) is 0 Å². The Hall–Kier alpha value is -4.60. The van der Waals surface area contributed by atoms with Crippen LogP contribution in [-0.4, -0.2) is 37.5 Å². The second kappa shape index (κ2) is 9.55. The first kappa shape index (κ1) is 21.7. The Labute approximate surface area is 169 Å². The van der Waals surface area contributed by atoms with Crippen LogP contribution in [0.15, 0.2) is 70.9 Å². The first-order valence-corrected chi connectivity index (χ1v) is 8.26. The Bertz CT molecular complexity index is 1010. The van der Waals surface area contributed by atoms with Gasteiger partial charge in [-0.25, -0.2) is 9.59 Å².